The van der Waals surface area contributed by atoms with E-state index in [1.165, 1.54) is 5.56 Å². The third-order valence-corrected chi connectivity index (χ3v) is 3.25. The Balaban J connectivity index is 2.24. The van der Waals surface area contributed by atoms with Crippen LogP contribution in [0.5, 0.6) is 0 Å². The van der Waals surface area contributed by atoms with Crippen molar-refractivity contribution in [3.05, 3.63) is 33.8 Å². The Hall–Kier alpha value is -0.240. The Bertz CT molecular complexity index is 338. The Morgan fingerprint density at radius 2 is 2.14 bits per heavy atom. The molecule has 1 saturated heterocycles. The van der Waals surface area contributed by atoms with Gasteiger partial charge in [0.05, 0.1) is 0 Å². The largest absolute Gasteiger partial charge is 0.310 e. The van der Waals surface area contributed by atoms with Crippen LogP contribution in [0.4, 0.5) is 0 Å². The molecule has 76 valence electrons. The van der Waals surface area contributed by atoms with Crippen LogP contribution in [0.1, 0.15) is 24.9 Å². The average Bonchev–Trinajstić information content (AvgIpc) is 2.51. The molecule has 3 heteroatoms. The van der Waals surface area contributed by atoms with Crippen molar-refractivity contribution >= 4 is 23.2 Å². The summed E-state index contributed by atoms with van der Waals surface area (Å²) in [5.74, 6) is 0.728. The van der Waals surface area contributed by atoms with E-state index in [-0.39, 0.29) is 0 Å². The molecule has 0 amide bonds. The molecule has 1 aliphatic heterocycles. The molecule has 0 aromatic heterocycles. The molecule has 2 atom stereocenters. The number of rotatable bonds is 1. The first-order valence-corrected chi connectivity index (χ1v) is 5.60. The summed E-state index contributed by atoms with van der Waals surface area (Å²) in [5.41, 5.74) is 1.17. The summed E-state index contributed by atoms with van der Waals surface area (Å²) in [6.07, 6.45) is 1.15. The van der Waals surface area contributed by atoms with Crippen LogP contribution in [0.3, 0.4) is 0 Å². The summed E-state index contributed by atoms with van der Waals surface area (Å²) in [6, 6.07) is 6.12. The fourth-order valence-corrected chi connectivity index (χ4v) is 2.47. The van der Waals surface area contributed by atoms with Gasteiger partial charge in [0.1, 0.15) is 0 Å². The Kier molecular flexibility index (Phi) is 3.01. The van der Waals surface area contributed by atoms with E-state index in [0.29, 0.717) is 11.1 Å². The molecule has 1 aromatic rings. The van der Waals surface area contributed by atoms with Gasteiger partial charge >= 0.3 is 0 Å². The van der Waals surface area contributed by atoms with Gasteiger partial charge in [0.15, 0.2) is 0 Å². The van der Waals surface area contributed by atoms with Gasteiger partial charge in [0, 0.05) is 16.1 Å². The summed E-state index contributed by atoms with van der Waals surface area (Å²) in [5, 5.41) is 4.92. The molecule has 0 spiro atoms. The maximum absolute atomic E-state index is 6.13. The lowest BCUT2D eigenvalue weighted by atomic mass is 10.0. The lowest BCUT2D eigenvalue weighted by Gasteiger charge is -2.12. The number of nitrogens with one attached hydrogen (secondary N) is 1. The van der Waals surface area contributed by atoms with Crippen LogP contribution < -0.4 is 5.32 Å². The molecule has 1 nitrogen and oxygen atoms in total. The minimum absolute atomic E-state index is 0.398. The molecule has 1 heterocycles. The lowest BCUT2D eigenvalue weighted by Crippen LogP contribution is -2.13. The second-order valence-electron chi connectivity index (χ2n) is 3.97. The summed E-state index contributed by atoms with van der Waals surface area (Å²) < 4.78 is 0. The van der Waals surface area contributed by atoms with Crippen molar-refractivity contribution in [1.82, 2.24) is 5.32 Å². The maximum Gasteiger partial charge on any atom is 0.0468 e. The predicted molar refractivity (Wildman–Crippen MR) is 61.0 cm³/mol. The predicted octanol–water partition coefficient (Wildman–Crippen LogP) is 3.66. The van der Waals surface area contributed by atoms with E-state index in [2.05, 4.69) is 12.2 Å². The fraction of sp³-hybridized carbons (Fsp3) is 0.455. The van der Waals surface area contributed by atoms with Crippen molar-refractivity contribution in [2.45, 2.75) is 19.4 Å². The van der Waals surface area contributed by atoms with Crippen molar-refractivity contribution in [2.75, 3.05) is 6.54 Å². The molecule has 14 heavy (non-hydrogen) atoms. The standard InChI is InChI=1S/C11H13Cl2N/c1-7-4-11(14-6-7)9-3-2-8(12)5-10(9)13/h2-3,5,7,11,14H,4,6H2,1H3. The molecule has 1 N–H and O–H groups in total. The summed E-state index contributed by atoms with van der Waals surface area (Å²) >= 11 is 12.0. The minimum atomic E-state index is 0.398. The van der Waals surface area contributed by atoms with E-state index < -0.39 is 0 Å². The van der Waals surface area contributed by atoms with Crippen LogP contribution in [-0.4, -0.2) is 6.54 Å². The number of benzene rings is 1. The van der Waals surface area contributed by atoms with Gasteiger partial charge in [0.25, 0.3) is 0 Å². The topological polar surface area (TPSA) is 12.0 Å². The van der Waals surface area contributed by atoms with Gasteiger partial charge < -0.3 is 5.32 Å². The zero-order valence-corrected chi connectivity index (χ0v) is 9.57. The van der Waals surface area contributed by atoms with Gasteiger partial charge in [-0.15, -0.1) is 0 Å². The molecule has 2 rings (SSSR count). The van der Waals surface area contributed by atoms with E-state index in [0.717, 1.165) is 23.9 Å². The van der Waals surface area contributed by atoms with Gasteiger partial charge in [-0.25, -0.2) is 0 Å². The number of hydrogen-bond acceptors (Lipinski definition) is 1. The van der Waals surface area contributed by atoms with Crippen molar-refractivity contribution in [2.24, 2.45) is 5.92 Å². The first-order valence-electron chi connectivity index (χ1n) is 4.85. The maximum atomic E-state index is 6.13. The Labute approximate surface area is 94.4 Å². The summed E-state index contributed by atoms with van der Waals surface area (Å²) in [6.45, 7) is 3.32. The Morgan fingerprint density at radius 3 is 2.71 bits per heavy atom. The third kappa shape index (κ3) is 2.05. The molecule has 1 aliphatic rings. The van der Waals surface area contributed by atoms with Crippen molar-refractivity contribution in [3.63, 3.8) is 0 Å². The van der Waals surface area contributed by atoms with Crippen LogP contribution in [0.15, 0.2) is 18.2 Å². The van der Waals surface area contributed by atoms with E-state index in [4.69, 9.17) is 23.2 Å². The van der Waals surface area contributed by atoms with Crippen LogP contribution >= 0.6 is 23.2 Å². The normalized spacial score (nSPS) is 26.8. The third-order valence-electron chi connectivity index (χ3n) is 2.69. The zero-order chi connectivity index (χ0) is 10.1. The molecule has 0 radical (unpaired) electrons. The first-order chi connectivity index (χ1) is 6.66. The van der Waals surface area contributed by atoms with E-state index in [9.17, 15) is 0 Å². The van der Waals surface area contributed by atoms with Crippen molar-refractivity contribution < 1.29 is 0 Å². The molecular weight excluding hydrogens is 217 g/mol. The first kappa shape index (κ1) is 10.3. The average molecular weight is 230 g/mol. The monoisotopic (exact) mass is 229 g/mol. The zero-order valence-electron chi connectivity index (χ0n) is 8.06. The van der Waals surface area contributed by atoms with Crippen LogP contribution in [0, 0.1) is 5.92 Å². The second-order valence-corrected chi connectivity index (χ2v) is 4.81. The highest BCUT2D eigenvalue weighted by molar-refractivity contribution is 6.35. The van der Waals surface area contributed by atoms with Gasteiger partial charge in [-0.2, -0.15) is 0 Å². The van der Waals surface area contributed by atoms with E-state index in [1.807, 2.05) is 18.2 Å². The molecule has 0 bridgehead atoms. The van der Waals surface area contributed by atoms with Gasteiger partial charge in [-0.05, 0) is 36.6 Å². The smallest absolute Gasteiger partial charge is 0.0468 e. The fourth-order valence-electron chi connectivity index (χ4n) is 1.93. The molecule has 2 unspecified atom stereocenters. The van der Waals surface area contributed by atoms with Crippen molar-refractivity contribution in [3.8, 4) is 0 Å². The Morgan fingerprint density at radius 1 is 1.36 bits per heavy atom. The number of halogens is 2. The second kappa shape index (κ2) is 4.09. The van der Waals surface area contributed by atoms with Crippen LogP contribution in [0.25, 0.3) is 0 Å². The molecular formula is C11H13Cl2N. The highest BCUT2D eigenvalue weighted by atomic mass is 35.5. The minimum Gasteiger partial charge on any atom is -0.310 e. The highest BCUT2D eigenvalue weighted by Gasteiger charge is 2.23. The van der Waals surface area contributed by atoms with Gasteiger partial charge in [-0.3, -0.25) is 0 Å². The molecule has 1 aromatic carbocycles. The molecule has 0 aliphatic carbocycles. The molecule has 1 fully saturated rings. The van der Waals surface area contributed by atoms with E-state index >= 15 is 0 Å². The van der Waals surface area contributed by atoms with Crippen LogP contribution in [-0.2, 0) is 0 Å². The number of hydrogen-bond donors (Lipinski definition) is 1. The van der Waals surface area contributed by atoms with Gasteiger partial charge in [0.2, 0.25) is 0 Å². The summed E-state index contributed by atoms with van der Waals surface area (Å²) in [7, 11) is 0. The van der Waals surface area contributed by atoms with E-state index in [1.54, 1.807) is 0 Å². The highest BCUT2D eigenvalue weighted by Crippen LogP contribution is 2.32. The summed E-state index contributed by atoms with van der Waals surface area (Å²) in [4.78, 5) is 0. The SMILES string of the molecule is CC1CNC(c2ccc(Cl)cc2Cl)C1. The lowest BCUT2D eigenvalue weighted by molar-refractivity contribution is 0.612. The van der Waals surface area contributed by atoms with Crippen molar-refractivity contribution in [1.29, 1.82) is 0 Å². The van der Waals surface area contributed by atoms with Crippen LogP contribution in [0.2, 0.25) is 10.0 Å². The molecule has 0 saturated carbocycles. The van der Waals surface area contributed by atoms with Gasteiger partial charge in [-0.1, -0.05) is 36.2 Å². The quantitative estimate of drug-likeness (QED) is 0.776.